The third kappa shape index (κ3) is 5.23. The second kappa shape index (κ2) is 8.44. The Labute approximate surface area is 124 Å². The van der Waals surface area contributed by atoms with Crippen LogP contribution in [-0.2, 0) is 0 Å². The largest absolute Gasteiger partial charge is 0.292 e. The molecule has 0 aliphatic heterocycles. The highest BCUT2D eigenvalue weighted by atomic mass is 79.9. The molecule has 0 N–H and O–H groups in total. The Bertz CT molecular complexity index is 324. The predicted octanol–water partition coefficient (Wildman–Crippen LogP) is 5.43. The zero-order valence-electron chi connectivity index (χ0n) is 9.99. The van der Waals surface area contributed by atoms with Gasteiger partial charge in [0.15, 0.2) is 5.78 Å². The molecule has 0 aliphatic carbocycles. The summed E-state index contributed by atoms with van der Waals surface area (Å²) in [6, 6.07) is 3.81. The second-order valence-corrected chi connectivity index (χ2v) is 7.22. The highest BCUT2D eigenvalue weighted by Gasteiger charge is 2.24. The molecule has 1 aromatic rings. The number of thiophene rings is 1. The number of hydrogen-bond donors (Lipinski definition) is 0. The van der Waals surface area contributed by atoms with Gasteiger partial charge in [0, 0.05) is 4.83 Å². The Hall–Kier alpha value is 0.330. The molecule has 4 heteroatoms. The highest BCUT2D eigenvalue weighted by molar-refractivity contribution is 9.12. The molecule has 0 radical (unpaired) electrons. The lowest BCUT2D eigenvalue weighted by Gasteiger charge is -2.14. The van der Waals surface area contributed by atoms with Crippen LogP contribution < -0.4 is 0 Å². The SMILES string of the molecule is CCCCCCC(Br)C(Br)C(=O)c1cccs1. The summed E-state index contributed by atoms with van der Waals surface area (Å²) in [7, 11) is 0. The number of hydrogen-bond acceptors (Lipinski definition) is 2. The third-order valence-electron chi connectivity index (χ3n) is 2.67. The number of unbranched alkanes of at least 4 members (excludes halogenated alkanes) is 3. The molecule has 0 bridgehead atoms. The number of rotatable bonds is 8. The van der Waals surface area contributed by atoms with Crippen LogP contribution in [0.15, 0.2) is 17.5 Å². The summed E-state index contributed by atoms with van der Waals surface area (Å²) in [5.41, 5.74) is 0. The summed E-state index contributed by atoms with van der Waals surface area (Å²) in [4.78, 5) is 13.0. The van der Waals surface area contributed by atoms with E-state index in [1.807, 2.05) is 17.5 Å². The van der Waals surface area contributed by atoms with Gasteiger partial charge < -0.3 is 0 Å². The average Bonchev–Trinajstić information content (AvgIpc) is 2.86. The monoisotopic (exact) mass is 380 g/mol. The van der Waals surface area contributed by atoms with Crippen molar-refractivity contribution in [1.82, 2.24) is 0 Å². The lowest BCUT2D eigenvalue weighted by molar-refractivity contribution is 0.0994. The third-order valence-corrected chi connectivity index (χ3v) is 6.30. The maximum Gasteiger partial charge on any atom is 0.187 e. The van der Waals surface area contributed by atoms with E-state index in [9.17, 15) is 4.79 Å². The normalized spacial score (nSPS) is 14.5. The van der Waals surface area contributed by atoms with Crippen molar-refractivity contribution in [2.45, 2.75) is 48.7 Å². The van der Waals surface area contributed by atoms with Gasteiger partial charge in [0.05, 0.1) is 9.70 Å². The topological polar surface area (TPSA) is 17.1 Å². The maximum absolute atomic E-state index is 12.1. The minimum absolute atomic E-state index is 0.109. The van der Waals surface area contributed by atoms with Crippen LogP contribution in [0.3, 0.4) is 0 Å². The van der Waals surface area contributed by atoms with Gasteiger partial charge >= 0.3 is 0 Å². The molecule has 1 heterocycles. The quantitative estimate of drug-likeness (QED) is 0.333. The molecule has 1 aromatic heterocycles. The van der Waals surface area contributed by atoms with Gasteiger partial charge in [-0.3, -0.25) is 4.79 Å². The summed E-state index contributed by atoms with van der Waals surface area (Å²) in [5, 5.41) is 1.94. The van der Waals surface area contributed by atoms with Crippen LogP contribution in [0.5, 0.6) is 0 Å². The van der Waals surface area contributed by atoms with Crippen molar-refractivity contribution < 1.29 is 4.79 Å². The molecule has 17 heavy (non-hydrogen) atoms. The molecule has 0 spiro atoms. The van der Waals surface area contributed by atoms with Crippen molar-refractivity contribution in [3.63, 3.8) is 0 Å². The van der Waals surface area contributed by atoms with Gasteiger partial charge in [-0.15, -0.1) is 11.3 Å². The van der Waals surface area contributed by atoms with Gasteiger partial charge in [-0.05, 0) is 17.9 Å². The number of Topliss-reactive ketones (excluding diaryl/α,β-unsaturated/α-hetero) is 1. The zero-order valence-corrected chi connectivity index (χ0v) is 14.0. The van der Waals surface area contributed by atoms with Crippen molar-refractivity contribution in [3.8, 4) is 0 Å². The van der Waals surface area contributed by atoms with E-state index in [1.54, 1.807) is 0 Å². The van der Waals surface area contributed by atoms with E-state index in [1.165, 1.54) is 37.0 Å². The van der Waals surface area contributed by atoms with Crippen LogP contribution >= 0.6 is 43.2 Å². The number of alkyl halides is 2. The van der Waals surface area contributed by atoms with E-state index >= 15 is 0 Å². The summed E-state index contributed by atoms with van der Waals surface area (Å²) >= 11 is 8.64. The fourth-order valence-electron chi connectivity index (χ4n) is 1.63. The summed E-state index contributed by atoms with van der Waals surface area (Å²) < 4.78 is 0. The van der Waals surface area contributed by atoms with Crippen LogP contribution in [-0.4, -0.2) is 15.4 Å². The minimum Gasteiger partial charge on any atom is -0.292 e. The molecule has 2 unspecified atom stereocenters. The standard InChI is InChI=1S/C13H18Br2OS/c1-2-3-4-5-7-10(14)12(15)13(16)11-8-6-9-17-11/h6,8-10,12H,2-5,7H2,1H3. The molecule has 0 saturated heterocycles. The Kier molecular flexibility index (Phi) is 7.64. The van der Waals surface area contributed by atoms with Crippen molar-refractivity contribution in [3.05, 3.63) is 22.4 Å². The molecule has 0 saturated carbocycles. The molecule has 0 fully saturated rings. The van der Waals surface area contributed by atoms with Crippen LogP contribution in [0.2, 0.25) is 0 Å². The first-order valence-corrected chi connectivity index (χ1v) is 8.73. The summed E-state index contributed by atoms with van der Waals surface area (Å²) in [6.45, 7) is 2.21. The first kappa shape index (κ1) is 15.4. The Morgan fingerprint density at radius 2 is 2.12 bits per heavy atom. The molecule has 0 amide bonds. The van der Waals surface area contributed by atoms with E-state index in [0.717, 1.165) is 11.3 Å². The van der Waals surface area contributed by atoms with Crippen LogP contribution in [0, 0.1) is 0 Å². The minimum atomic E-state index is -0.109. The lowest BCUT2D eigenvalue weighted by atomic mass is 10.1. The lowest BCUT2D eigenvalue weighted by Crippen LogP contribution is -2.23. The Morgan fingerprint density at radius 1 is 1.35 bits per heavy atom. The average molecular weight is 382 g/mol. The number of halogens is 2. The van der Waals surface area contributed by atoms with Gasteiger partial charge in [0.2, 0.25) is 0 Å². The highest BCUT2D eigenvalue weighted by Crippen LogP contribution is 2.25. The van der Waals surface area contributed by atoms with E-state index < -0.39 is 0 Å². The van der Waals surface area contributed by atoms with Gasteiger partial charge in [-0.1, -0.05) is 70.5 Å². The van der Waals surface area contributed by atoms with E-state index in [0.29, 0.717) is 0 Å². The number of carbonyl (C=O) groups excluding carboxylic acids is 1. The molecule has 1 nitrogen and oxygen atoms in total. The van der Waals surface area contributed by atoms with Crippen molar-refractivity contribution in [1.29, 1.82) is 0 Å². The predicted molar refractivity (Wildman–Crippen MR) is 82.8 cm³/mol. The summed E-state index contributed by atoms with van der Waals surface area (Å²) in [6.07, 6.45) is 6.02. The number of ketones is 1. The van der Waals surface area contributed by atoms with Crippen LogP contribution in [0.25, 0.3) is 0 Å². The van der Waals surface area contributed by atoms with Crippen molar-refractivity contribution in [2.75, 3.05) is 0 Å². The first-order valence-electron chi connectivity index (χ1n) is 6.02. The van der Waals surface area contributed by atoms with Gasteiger partial charge in [0.25, 0.3) is 0 Å². The molecule has 96 valence electrons. The van der Waals surface area contributed by atoms with E-state index in [2.05, 4.69) is 38.8 Å². The molecular weight excluding hydrogens is 364 g/mol. The second-order valence-electron chi connectivity index (χ2n) is 4.11. The Morgan fingerprint density at radius 3 is 2.71 bits per heavy atom. The van der Waals surface area contributed by atoms with E-state index in [4.69, 9.17) is 0 Å². The summed E-state index contributed by atoms with van der Waals surface area (Å²) in [5.74, 6) is 0.192. The Balaban J connectivity index is 2.36. The van der Waals surface area contributed by atoms with Crippen LogP contribution in [0.1, 0.15) is 48.7 Å². The molecule has 0 aliphatic rings. The fraction of sp³-hybridized carbons (Fsp3) is 0.615. The smallest absolute Gasteiger partial charge is 0.187 e. The van der Waals surface area contributed by atoms with Gasteiger partial charge in [-0.2, -0.15) is 0 Å². The maximum atomic E-state index is 12.1. The molecule has 0 aromatic carbocycles. The first-order chi connectivity index (χ1) is 8.16. The molecule has 1 rings (SSSR count). The van der Waals surface area contributed by atoms with Gasteiger partial charge in [-0.25, -0.2) is 0 Å². The van der Waals surface area contributed by atoms with Gasteiger partial charge in [0.1, 0.15) is 0 Å². The fourth-order valence-corrected chi connectivity index (χ4v) is 3.56. The number of carbonyl (C=O) groups is 1. The molecule has 2 atom stereocenters. The van der Waals surface area contributed by atoms with Crippen LogP contribution in [0.4, 0.5) is 0 Å². The molecular formula is C13H18Br2OS. The van der Waals surface area contributed by atoms with Crippen molar-refractivity contribution in [2.24, 2.45) is 0 Å². The van der Waals surface area contributed by atoms with Crippen molar-refractivity contribution >= 4 is 49.0 Å². The zero-order chi connectivity index (χ0) is 12.7. The van der Waals surface area contributed by atoms with E-state index in [-0.39, 0.29) is 15.4 Å².